The van der Waals surface area contributed by atoms with Gasteiger partial charge in [0.25, 0.3) is 5.69 Å². The lowest BCUT2D eigenvalue weighted by Crippen LogP contribution is -2.36. The third-order valence-corrected chi connectivity index (χ3v) is 3.29. The van der Waals surface area contributed by atoms with Crippen LogP contribution in [0.3, 0.4) is 0 Å². The Kier molecular flexibility index (Phi) is 4.05. The second kappa shape index (κ2) is 6.31. The maximum Gasteiger partial charge on any atom is 0.293 e. The van der Waals surface area contributed by atoms with Crippen molar-refractivity contribution in [2.45, 2.75) is 0 Å². The standard InChI is InChI=1S/C13H14N6O3/c20-19(21)13-7-11(8-16-18-9-14-15-10-18)1-2-12(13)17-3-5-22-6-4-17/h1-2,7-10H,3-6H2/b16-8-. The molecule has 0 bridgehead atoms. The van der Waals surface area contributed by atoms with Crippen molar-refractivity contribution >= 4 is 17.6 Å². The molecule has 22 heavy (non-hydrogen) atoms. The van der Waals surface area contributed by atoms with Crippen molar-refractivity contribution < 1.29 is 9.66 Å². The maximum atomic E-state index is 11.3. The van der Waals surface area contributed by atoms with Crippen LogP contribution in [0.2, 0.25) is 0 Å². The van der Waals surface area contributed by atoms with Crippen molar-refractivity contribution in [2.75, 3.05) is 31.2 Å². The van der Waals surface area contributed by atoms with Gasteiger partial charge in [-0.3, -0.25) is 10.1 Å². The molecule has 9 heteroatoms. The molecule has 2 aromatic rings. The lowest BCUT2D eigenvalue weighted by molar-refractivity contribution is -0.384. The first-order chi connectivity index (χ1) is 10.7. The monoisotopic (exact) mass is 302 g/mol. The summed E-state index contributed by atoms with van der Waals surface area (Å²) in [6.45, 7) is 2.45. The van der Waals surface area contributed by atoms with Gasteiger partial charge in [-0.2, -0.15) is 5.10 Å². The molecule has 0 amide bonds. The summed E-state index contributed by atoms with van der Waals surface area (Å²) in [7, 11) is 0. The number of hydrogen-bond acceptors (Lipinski definition) is 7. The van der Waals surface area contributed by atoms with Gasteiger partial charge in [-0.1, -0.05) is 6.07 Å². The van der Waals surface area contributed by atoms with Crippen molar-refractivity contribution in [1.82, 2.24) is 14.9 Å². The van der Waals surface area contributed by atoms with Crippen LogP contribution in [0.5, 0.6) is 0 Å². The zero-order valence-corrected chi connectivity index (χ0v) is 11.7. The number of anilines is 1. The van der Waals surface area contributed by atoms with Crippen LogP contribution < -0.4 is 4.90 Å². The van der Waals surface area contributed by atoms with Crippen molar-refractivity contribution in [1.29, 1.82) is 0 Å². The van der Waals surface area contributed by atoms with Crippen LogP contribution in [-0.2, 0) is 4.74 Å². The van der Waals surface area contributed by atoms with Crippen molar-refractivity contribution in [3.63, 3.8) is 0 Å². The fraction of sp³-hybridized carbons (Fsp3) is 0.308. The number of nitrogens with zero attached hydrogens (tertiary/aromatic N) is 6. The molecule has 9 nitrogen and oxygen atoms in total. The Hall–Kier alpha value is -2.81. The molecule has 114 valence electrons. The first-order valence-electron chi connectivity index (χ1n) is 6.74. The minimum Gasteiger partial charge on any atom is -0.378 e. The molecule has 1 saturated heterocycles. The third-order valence-electron chi connectivity index (χ3n) is 3.29. The van der Waals surface area contributed by atoms with Gasteiger partial charge >= 0.3 is 0 Å². The van der Waals surface area contributed by atoms with Crippen LogP contribution in [-0.4, -0.2) is 52.3 Å². The molecule has 1 aromatic carbocycles. The van der Waals surface area contributed by atoms with E-state index in [2.05, 4.69) is 15.3 Å². The Balaban J connectivity index is 1.88. The first kappa shape index (κ1) is 14.1. The fourth-order valence-corrected chi connectivity index (χ4v) is 2.23. The van der Waals surface area contributed by atoms with Gasteiger partial charge < -0.3 is 9.64 Å². The third kappa shape index (κ3) is 3.09. The Morgan fingerprint density at radius 1 is 1.27 bits per heavy atom. The van der Waals surface area contributed by atoms with Crippen molar-refractivity contribution in [2.24, 2.45) is 5.10 Å². The molecule has 0 atom stereocenters. The maximum absolute atomic E-state index is 11.3. The number of ether oxygens (including phenoxy) is 1. The largest absolute Gasteiger partial charge is 0.378 e. The van der Waals surface area contributed by atoms with Gasteiger partial charge in [-0.05, 0) is 6.07 Å². The molecule has 1 fully saturated rings. The molecule has 1 aliphatic heterocycles. The Morgan fingerprint density at radius 3 is 2.68 bits per heavy atom. The highest BCUT2D eigenvalue weighted by Crippen LogP contribution is 2.29. The van der Waals surface area contributed by atoms with Crippen LogP contribution >= 0.6 is 0 Å². The number of nitro groups is 1. The van der Waals surface area contributed by atoms with Gasteiger partial charge in [0.05, 0.1) is 24.4 Å². The van der Waals surface area contributed by atoms with Gasteiger partial charge in [0, 0.05) is 24.7 Å². The summed E-state index contributed by atoms with van der Waals surface area (Å²) in [5.74, 6) is 0. The van der Waals surface area contributed by atoms with Crippen LogP contribution in [0.15, 0.2) is 36.0 Å². The quantitative estimate of drug-likeness (QED) is 0.473. The van der Waals surface area contributed by atoms with Gasteiger partial charge in [0.2, 0.25) is 0 Å². The molecule has 0 spiro atoms. The van der Waals surface area contributed by atoms with Gasteiger partial charge in [-0.15, -0.1) is 10.2 Å². The fourth-order valence-electron chi connectivity index (χ4n) is 2.23. The molecule has 0 aliphatic carbocycles. The minimum absolute atomic E-state index is 0.0645. The summed E-state index contributed by atoms with van der Waals surface area (Å²) in [6.07, 6.45) is 4.40. The molecular weight excluding hydrogens is 288 g/mol. The Labute approximate surface area is 126 Å². The van der Waals surface area contributed by atoms with Crippen LogP contribution in [0.25, 0.3) is 0 Å². The van der Waals surface area contributed by atoms with E-state index >= 15 is 0 Å². The molecule has 0 saturated carbocycles. The molecule has 2 heterocycles. The van der Waals surface area contributed by atoms with Gasteiger partial charge in [-0.25, -0.2) is 4.68 Å². The van der Waals surface area contributed by atoms with Gasteiger partial charge in [0.15, 0.2) is 0 Å². The predicted molar refractivity (Wildman–Crippen MR) is 79.1 cm³/mol. The molecule has 1 aromatic heterocycles. The topological polar surface area (TPSA) is 98.7 Å². The summed E-state index contributed by atoms with van der Waals surface area (Å²) in [4.78, 5) is 12.9. The lowest BCUT2D eigenvalue weighted by atomic mass is 10.1. The van der Waals surface area contributed by atoms with E-state index in [4.69, 9.17) is 4.74 Å². The zero-order chi connectivity index (χ0) is 15.4. The number of hydrogen-bond donors (Lipinski definition) is 0. The van der Waals surface area contributed by atoms with E-state index in [0.29, 0.717) is 37.6 Å². The van der Waals surface area contributed by atoms with E-state index in [1.807, 2.05) is 4.90 Å². The van der Waals surface area contributed by atoms with Crippen LogP contribution in [0, 0.1) is 10.1 Å². The molecule has 0 N–H and O–H groups in total. The highest BCUT2D eigenvalue weighted by Gasteiger charge is 2.21. The van der Waals surface area contributed by atoms with E-state index < -0.39 is 0 Å². The Bertz CT molecular complexity index is 679. The molecule has 0 radical (unpaired) electrons. The van der Waals surface area contributed by atoms with Crippen LogP contribution in [0.4, 0.5) is 11.4 Å². The van der Waals surface area contributed by atoms with E-state index in [0.717, 1.165) is 0 Å². The predicted octanol–water partition coefficient (Wildman–Crippen LogP) is 0.905. The smallest absolute Gasteiger partial charge is 0.293 e. The van der Waals surface area contributed by atoms with E-state index in [1.165, 1.54) is 29.6 Å². The summed E-state index contributed by atoms with van der Waals surface area (Å²) in [5, 5.41) is 22.7. The molecule has 0 unspecified atom stereocenters. The minimum atomic E-state index is -0.374. The number of aromatic nitrogens is 3. The van der Waals surface area contributed by atoms with Gasteiger partial charge in [0.1, 0.15) is 18.3 Å². The van der Waals surface area contributed by atoms with E-state index in [1.54, 1.807) is 12.1 Å². The van der Waals surface area contributed by atoms with Crippen LogP contribution in [0.1, 0.15) is 5.56 Å². The summed E-state index contributed by atoms with van der Waals surface area (Å²) >= 11 is 0. The SMILES string of the molecule is O=[N+]([O-])c1cc(/C=N\n2cnnc2)ccc1N1CCOCC1. The number of rotatable bonds is 4. The lowest BCUT2D eigenvalue weighted by Gasteiger charge is -2.28. The van der Waals surface area contributed by atoms with Crippen molar-refractivity contribution in [3.05, 3.63) is 46.5 Å². The summed E-state index contributed by atoms with van der Waals surface area (Å²) in [6, 6.07) is 5.06. The summed E-state index contributed by atoms with van der Waals surface area (Å²) < 4.78 is 6.70. The van der Waals surface area contributed by atoms with E-state index in [9.17, 15) is 10.1 Å². The second-order valence-electron chi connectivity index (χ2n) is 4.69. The number of benzene rings is 1. The average Bonchev–Trinajstić information content (AvgIpc) is 3.07. The summed E-state index contributed by atoms with van der Waals surface area (Å²) in [5.41, 5.74) is 1.31. The second-order valence-corrected chi connectivity index (χ2v) is 4.69. The number of morpholine rings is 1. The zero-order valence-electron chi connectivity index (χ0n) is 11.7. The molecule has 3 rings (SSSR count). The first-order valence-corrected chi connectivity index (χ1v) is 6.74. The highest BCUT2D eigenvalue weighted by molar-refractivity contribution is 5.83. The Morgan fingerprint density at radius 2 is 2.00 bits per heavy atom. The van der Waals surface area contributed by atoms with Crippen molar-refractivity contribution in [3.8, 4) is 0 Å². The molecular formula is C13H14N6O3. The normalized spacial score (nSPS) is 15.4. The average molecular weight is 302 g/mol. The van der Waals surface area contributed by atoms with E-state index in [-0.39, 0.29) is 10.6 Å². The molecule has 1 aliphatic rings. The number of nitro benzene ring substituents is 1. The highest BCUT2D eigenvalue weighted by atomic mass is 16.6.